The van der Waals surface area contributed by atoms with Crippen molar-refractivity contribution >= 4 is 5.78 Å². The highest BCUT2D eigenvalue weighted by molar-refractivity contribution is 5.84. The summed E-state index contributed by atoms with van der Waals surface area (Å²) in [4.78, 5) is 11.6. The summed E-state index contributed by atoms with van der Waals surface area (Å²) in [5.41, 5.74) is 1.04. The predicted octanol–water partition coefficient (Wildman–Crippen LogP) is 2.78. The summed E-state index contributed by atoms with van der Waals surface area (Å²) in [6.07, 6.45) is -0.909. The van der Waals surface area contributed by atoms with Crippen LogP contribution in [0.1, 0.15) is 37.5 Å². The molecule has 0 saturated carbocycles. The van der Waals surface area contributed by atoms with Gasteiger partial charge in [0.1, 0.15) is 11.9 Å². The standard InChI is InChI=1S/C13H17FO2/c1-8(2)4-12(15)13(16)10-5-9(3)6-11(14)7-10/h5-8,13,16H,4H2,1-3H3. The summed E-state index contributed by atoms with van der Waals surface area (Å²) >= 11 is 0. The van der Waals surface area contributed by atoms with Gasteiger partial charge in [-0.3, -0.25) is 4.79 Å². The molecule has 0 aliphatic carbocycles. The Morgan fingerprint density at radius 1 is 1.38 bits per heavy atom. The molecule has 1 aromatic rings. The van der Waals surface area contributed by atoms with Crippen LogP contribution in [0.4, 0.5) is 4.39 Å². The van der Waals surface area contributed by atoms with E-state index in [9.17, 15) is 14.3 Å². The molecule has 1 aromatic carbocycles. The van der Waals surface area contributed by atoms with Gasteiger partial charge in [-0.2, -0.15) is 0 Å². The monoisotopic (exact) mass is 224 g/mol. The van der Waals surface area contributed by atoms with E-state index in [0.29, 0.717) is 17.5 Å². The lowest BCUT2D eigenvalue weighted by Gasteiger charge is -2.12. The van der Waals surface area contributed by atoms with Crippen LogP contribution in [-0.4, -0.2) is 10.9 Å². The quantitative estimate of drug-likeness (QED) is 0.853. The molecule has 88 valence electrons. The van der Waals surface area contributed by atoms with Gasteiger partial charge in [0, 0.05) is 6.42 Å². The summed E-state index contributed by atoms with van der Waals surface area (Å²) in [7, 11) is 0. The number of hydrogen-bond acceptors (Lipinski definition) is 2. The van der Waals surface area contributed by atoms with Gasteiger partial charge in [0.25, 0.3) is 0 Å². The molecule has 1 atom stereocenters. The highest BCUT2D eigenvalue weighted by Crippen LogP contribution is 2.20. The number of aliphatic hydroxyl groups excluding tert-OH is 1. The van der Waals surface area contributed by atoms with Crippen molar-refractivity contribution in [1.82, 2.24) is 0 Å². The third-order valence-corrected chi connectivity index (χ3v) is 2.29. The van der Waals surface area contributed by atoms with Gasteiger partial charge in [0.15, 0.2) is 5.78 Å². The van der Waals surface area contributed by atoms with Gasteiger partial charge in [0.2, 0.25) is 0 Å². The van der Waals surface area contributed by atoms with Gasteiger partial charge in [-0.15, -0.1) is 0 Å². The predicted molar refractivity (Wildman–Crippen MR) is 60.6 cm³/mol. The second kappa shape index (κ2) is 5.21. The van der Waals surface area contributed by atoms with E-state index in [0.717, 1.165) is 0 Å². The Bertz CT molecular complexity index is 365. The Hall–Kier alpha value is -1.22. The lowest BCUT2D eigenvalue weighted by atomic mass is 9.97. The Morgan fingerprint density at radius 2 is 2.00 bits per heavy atom. The van der Waals surface area contributed by atoms with Gasteiger partial charge in [-0.05, 0) is 36.1 Å². The molecule has 1 unspecified atom stereocenters. The fraction of sp³-hybridized carbons (Fsp3) is 0.462. The zero-order chi connectivity index (χ0) is 12.3. The van der Waals surface area contributed by atoms with E-state index in [1.54, 1.807) is 13.0 Å². The molecule has 0 aromatic heterocycles. The fourth-order valence-corrected chi connectivity index (χ4v) is 1.62. The van der Waals surface area contributed by atoms with Gasteiger partial charge >= 0.3 is 0 Å². The van der Waals surface area contributed by atoms with Crippen LogP contribution < -0.4 is 0 Å². The number of rotatable bonds is 4. The van der Waals surface area contributed by atoms with Crippen LogP contribution in [0.25, 0.3) is 0 Å². The van der Waals surface area contributed by atoms with Crippen LogP contribution in [0.15, 0.2) is 18.2 Å². The first-order chi connectivity index (χ1) is 7.40. The Labute approximate surface area is 95.1 Å². The average Bonchev–Trinajstić information content (AvgIpc) is 2.13. The smallest absolute Gasteiger partial charge is 0.166 e. The third-order valence-electron chi connectivity index (χ3n) is 2.29. The van der Waals surface area contributed by atoms with E-state index in [4.69, 9.17) is 0 Å². The first kappa shape index (κ1) is 12.8. The zero-order valence-corrected chi connectivity index (χ0v) is 9.83. The summed E-state index contributed by atoms with van der Waals surface area (Å²) < 4.78 is 13.1. The number of aliphatic hydroxyl groups is 1. The lowest BCUT2D eigenvalue weighted by Crippen LogP contribution is -2.14. The molecule has 0 aliphatic rings. The van der Waals surface area contributed by atoms with Crippen molar-refractivity contribution in [3.8, 4) is 0 Å². The van der Waals surface area contributed by atoms with Crippen molar-refractivity contribution in [1.29, 1.82) is 0 Å². The van der Waals surface area contributed by atoms with Crippen molar-refractivity contribution in [2.24, 2.45) is 5.92 Å². The number of carbonyl (C=O) groups excluding carboxylic acids is 1. The average molecular weight is 224 g/mol. The summed E-state index contributed by atoms with van der Waals surface area (Å²) in [5, 5.41) is 9.77. The number of benzene rings is 1. The molecule has 1 N–H and O–H groups in total. The minimum Gasteiger partial charge on any atom is -0.381 e. The Morgan fingerprint density at radius 3 is 2.50 bits per heavy atom. The highest BCUT2D eigenvalue weighted by Gasteiger charge is 2.18. The maximum Gasteiger partial charge on any atom is 0.166 e. The molecule has 0 fully saturated rings. The topological polar surface area (TPSA) is 37.3 Å². The molecule has 0 amide bonds. The molecule has 0 aliphatic heterocycles. The SMILES string of the molecule is Cc1cc(F)cc(C(O)C(=O)CC(C)C)c1. The zero-order valence-electron chi connectivity index (χ0n) is 9.83. The summed E-state index contributed by atoms with van der Waals surface area (Å²) in [6, 6.07) is 4.20. The van der Waals surface area contributed by atoms with Crippen LogP contribution in [0.2, 0.25) is 0 Å². The highest BCUT2D eigenvalue weighted by atomic mass is 19.1. The third kappa shape index (κ3) is 3.42. The first-order valence-corrected chi connectivity index (χ1v) is 5.38. The molecule has 2 nitrogen and oxygen atoms in total. The molecule has 0 spiro atoms. The van der Waals surface area contributed by atoms with Crippen molar-refractivity contribution in [3.05, 3.63) is 35.1 Å². The van der Waals surface area contributed by atoms with Crippen molar-refractivity contribution in [3.63, 3.8) is 0 Å². The minimum absolute atomic E-state index is 0.191. The van der Waals surface area contributed by atoms with Gasteiger partial charge in [-0.1, -0.05) is 19.9 Å². The maximum atomic E-state index is 13.1. The normalized spacial score (nSPS) is 12.9. The van der Waals surface area contributed by atoms with Crippen LogP contribution in [-0.2, 0) is 4.79 Å². The molecule has 0 radical (unpaired) electrons. The van der Waals surface area contributed by atoms with Crippen LogP contribution >= 0.6 is 0 Å². The van der Waals surface area contributed by atoms with E-state index in [1.165, 1.54) is 12.1 Å². The van der Waals surface area contributed by atoms with Gasteiger partial charge < -0.3 is 5.11 Å². The number of carbonyl (C=O) groups is 1. The van der Waals surface area contributed by atoms with E-state index in [2.05, 4.69) is 0 Å². The first-order valence-electron chi connectivity index (χ1n) is 5.38. The van der Waals surface area contributed by atoms with Crippen molar-refractivity contribution in [2.75, 3.05) is 0 Å². The molecular weight excluding hydrogens is 207 g/mol. The molecule has 16 heavy (non-hydrogen) atoms. The van der Waals surface area contributed by atoms with E-state index in [1.807, 2.05) is 13.8 Å². The number of ketones is 1. The lowest BCUT2D eigenvalue weighted by molar-refractivity contribution is -0.128. The minimum atomic E-state index is -1.21. The van der Waals surface area contributed by atoms with E-state index >= 15 is 0 Å². The van der Waals surface area contributed by atoms with E-state index in [-0.39, 0.29) is 11.7 Å². The molecule has 1 rings (SSSR count). The summed E-state index contributed by atoms with van der Waals surface area (Å²) in [6.45, 7) is 5.54. The number of halogens is 1. The fourth-order valence-electron chi connectivity index (χ4n) is 1.62. The number of hydrogen-bond donors (Lipinski definition) is 1. The van der Waals surface area contributed by atoms with Crippen LogP contribution in [0.5, 0.6) is 0 Å². The van der Waals surface area contributed by atoms with Crippen LogP contribution in [0, 0.1) is 18.7 Å². The number of Topliss-reactive ketones (excluding diaryl/α,β-unsaturated/α-hetero) is 1. The van der Waals surface area contributed by atoms with Crippen molar-refractivity contribution in [2.45, 2.75) is 33.3 Å². The second-order valence-corrected chi connectivity index (χ2v) is 4.53. The Kier molecular flexibility index (Phi) is 4.19. The molecule has 0 heterocycles. The summed E-state index contributed by atoms with van der Waals surface area (Å²) in [5.74, 6) is -0.497. The van der Waals surface area contributed by atoms with E-state index < -0.39 is 11.9 Å². The molecule has 3 heteroatoms. The molecule has 0 saturated heterocycles. The van der Waals surface area contributed by atoms with Crippen molar-refractivity contribution < 1.29 is 14.3 Å². The molecular formula is C13H17FO2. The van der Waals surface area contributed by atoms with Gasteiger partial charge in [0.05, 0.1) is 0 Å². The largest absolute Gasteiger partial charge is 0.381 e. The maximum absolute atomic E-state index is 13.1. The molecule has 0 bridgehead atoms. The Balaban J connectivity index is 2.87. The van der Waals surface area contributed by atoms with Crippen LogP contribution in [0.3, 0.4) is 0 Å². The number of aryl methyl sites for hydroxylation is 1. The second-order valence-electron chi connectivity index (χ2n) is 4.53. The van der Waals surface area contributed by atoms with Gasteiger partial charge in [-0.25, -0.2) is 4.39 Å².